The van der Waals surface area contributed by atoms with Gasteiger partial charge in [-0.05, 0) is 19.8 Å². The first-order valence-corrected chi connectivity index (χ1v) is 5.59. The molecule has 2 rings (SSSR count). The summed E-state index contributed by atoms with van der Waals surface area (Å²) < 4.78 is 44.1. The van der Waals surface area contributed by atoms with Crippen molar-refractivity contribution in [3.63, 3.8) is 0 Å². The summed E-state index contributed by atoms with van der Waals surface area (Å²) in [6.45, 7) is 2.11. The number of likely N-dealkylation sites (tertiary alicyclic amines) is 1. The van der Waals surface area contributed by atoms with Crippen molar-refractivity contribution in [3.05, 3.63) is 0 Å². The van der Waals surface area contributed by atoms with Crippen LogP contribution in [0.15, 0.2) is 0 Å². The number of ether oxygens (including phenoxy) is 1. The van der Waals surface area contributed by atoms with E-state index in [1.54, 1.807) is 0 Å². The fraction of sp³-hybridized carbons (Fsp3) is 1.00. The average Bonchev–Trinajstić information content (AvgIpc) is 2.42. The zero-order valence-corrected chi connectivity index (χ0v) is 9.20. The van der Waals surface area contributed by atoms with Gasteiger partial charge in [0.25, 0.3) is 0 Å². The molecule has 16 heavy (non-hydrogen) atoms. The Hall–Kier alpha value is -0.330. The molecule has 2 aliphatic heterocycles. The van der Waals surface area contributed by atoms with Crippen molar-refractivity contribution in [2.75, 3.05) is 13.1 Å². The van der Waals surface area contributed by atoms with Gasteiger partial charge in [-0.3, -0.25) is 4.90 Å². The largest absolute Gasteiger partial charge is 0.405 e. The van der Waals surface area contributed by atoms with E-state index < -0.39 is 18.3 Å². The molecular formula is C10H17F3N2O. The molecule has 0 aliphatic carbocycles. The van der Waals surface area contributed by atoms with Gasteiger partial charge in [0.2, 0.25) is 0 Å². The van der Waals surface area contributed by atoms with Gasteiger partial charge in [-0.2, -0.15) is 13.2 Å². The lowest BCUT2D eigenvalue weighted by Crippen LogP contribution is -2.59. The molecule has 0 aromatic heterocycles. The first-order valence-electron chi connectivity index (χ1n) is 5.59. The second-order valence-electron chi connectivity index (χ2n) is 4.76. The number of nitrogens with zero attached hydrogens (tertiary/aromatic N) is 1. The molecule has 2 bridgehead atoms. The monoisotopic (exact) mass is 238 g/mol. The quantitative estimate of drug-likeness (QED) is 0.783. The van der Waals surface area contributed by atoms with Crippen LogP contribution in [0.3, 0.4) is 0 Å². The average molecular weight is 238 g/mol. The number of hydrogen-bond acceptors (Lipinski definition) is 3. The van der Waals surface area contributed by atoms with Crippen molar-refractivity contribution < 1.29 is 17.9 Å². The Kier molecular flexibility index (Phi) is 3.16. The van der Waals surface area contributed by atoms with Gasteiger partial charge in [0.15, 0.2) is 0 Å². The Labute approximate surface area is 92.7 Å². The van der Waals surface area contributed by atoms with E-state index in [0.29, 0.717) is 13.1 Å². The molecule has 3 nitrogen and oxygen atoms in total. The van der Waals surface area contributed by atoms with Gasteiger partial charge < -0.3 is 10.5 Å². The van der Waals surface area contributed by atoms with Crippen molar-refractivity contribution in [1.29, 1.82) is 0 Å². The summed E-state index contributed by atoms with van der Waals surface area (Å²) in [5.74, 6) is 0. The Morgan fingerprint density at radius 1 is 1.25 bits per heavy atom. The first-order chi connectivity index (χ1) is 7.38. The smallest absolute Gasteiger partial charge is 0.372 e. The van der Waals surface area contributed by atoms with Crippen molar-refractivity contribution in [2.45, 2.75) is 50.2 Å². The highest BCUT2D eigenvalue weighted by Gasteiger charge is 2.49. The van der Waals surface area contributed by atoms with E-state index in [0.717, 1.165) is 12.8 Å². The Balaban J connectivity index is 2.09. The molecule has 0 spiro atoms. The van der Waals surface area contributed by atoms with Gasteiger partial charge in [0.1, 0.15) is 6.04 Å². The van der Waals surface area contributed by atoms with Crippen LogP contribution in [0, 0.1) is 0 Å². The van der Waals surface area contributed by atoms with Crippen LogP contribution in [0.4, 0.5) is 13.2 Å². The third-order valence-electron chi connectivity index (χ3n) is 3.30. The van der Waals surface area contributed by atoms with Crippen molar-refractivity contribution >= 4 is 0 Å². The molecule has 2 heterocycles. The molecule has 0 amide bonds. The van der Waals surface area contributed by atoms with Crippen LogP contribution < -0.4 is 5.73 Å². The highest BCUT2D eigenvalue weighted by atomic mass is 19.4. The molecule has 0 aromatic carbocycles. The summed E-state index contributed by atoms with van der Waals surface area (Å²) in [5.41, 5.74) is 5.46. The van der Waals surface area contributed by atoms with Gasteiger partial charge in [-0.15, -0.1) is 0 Å². The van der Waals surface area contributed by atoms with E-state index >= 15 is 0 Å². The lowest BCUT2D eigenvalue weighted by molar-refractivity contribution is -0.202. The van der Waals surface area contributed by atoms with Gasteiger partial charge in [-0.25, -0.2) is 0 Å². The molecule has 2 N–H and O–H groups in total. The van der Waals surface area contributed by atoms with Crippen molar-refractivity contribution in [3.8, 4) is 0 Å². The zero-order chi connectivity index (χ0) is 11.9. The maximum absolute atomic E-state index is 12.9. The zero-order valence-electron chi connectivity index (χ0n) is 9.20. The van der Waals surface area contributed by atoms with Crippen LogP contribution in [0.25, 0.3) is 0 Å². The van der Waals surface area contributed by atoms with Crippen LogP contribution in [-0.4, -0.2) is 48.5 Å². The summed E-state index contributed by atoms with van der Waals surface area (Å²) >= 11 is 0. The van der Waals surface area contributed by atoms with E-state index in [1.165, 1.54) is 11.8 Å². The number of morpholine rings is 1. The molecule has 6 heteroatoms. The molecule has 4 unspecified atom stereocenters. The van der Waals surface area contributed by atoms with E-state index in [2.05, 4.69) is 0 Å². The SMILES string of the molecule is CC(N)C(N1CC2CCC(C1)O2)C(F)(F)F. The number of hydrogen-bond donors (Lipinski definition) is 1. The van der Waals surface area contributed by atoms with Gasteiger partial charge in [0.05, 0.1) is 12.2 Å². The van der Waals surface area contributed by atoms with Gasteiger partial charge >= 0.3 is 6.18 Å². The van der Waals surface area contributed by atoms with Crippen LogP contribution in [0.2, 0.25) is 0 Å². The number of fused-ring (bicyclic) bond motifs is 2. The number of halogens is 3. The van der Waals surface area contributed by atoms with Gasteiger partial charge in [0, 0.05) is 19.1 Å². The lowest BCUT2D eigenvalue weighted by Gasteiger charge is -2.40. The van der Waals surface area contributed by atoms with Gasteiger partial charge in [-0.1, -0.05) is 0 Å². The summed E-state index contributed by atoms with van der Waals surface area (Å²) in [7, 11) is 0. The van der Waals surface area contributed by atoms with Crippen LogP contribution in [0.1, 0.15) is 19.8 Å². The molecule has 0 aromatic rings. The minimum Gasteiger partial charge on any atom is -0.372 e. The number of rotatable bonds is 2. The molecule has 2 fully saturated rings. The molecular weight excluding hydrogens is 221 g/mol. The highest BCUT2D eigenvalue weighted by Crippen LogP contribution is 2.33. The predicted molar refractivity (Wildman–Crippen MR) is 53.0 cm³/mol. The fourth-order valence-corrected chi connectivity index (χ4v) is 2.71. The number of nitrogens with two attached hydrogens (primary N) is 1. The molecule has 94 valence electrons. The fourth-order valence-electron chi connectivity index (χ4n) is 2.71. The third kappa shape index (κ3) is 2.33. The minimum atomic E-state index is -4.26. The Morgan fingerprint density at radius 3 is 2.12 bits per heavy atom. The van der Waals surface area contributed by atoms with E-state index in [-0.39, 0.29) is 12.2 Å². The highest BCUT2D eigenvalue weighted by molar-refractivity contribution is 4.93. The summed E-state index contributed by atoms with van der Waals surface area (Å²) in [4.78, 5) is 1.44. The van der Waals surface area contributed by atoms with Crippen LogP contribution >= 0.6 is 0 Å². The molecule has 2 aliphatic rings. The Bertz CT molecular complexity index is 245. The predicted octanol–water partition coefficient (Wildman–Crippen LogP) is 1.13. The second kappa shape index (κ2) is 4.16. The molecule has 4 atom stereocenters. The maximum Gasteiger partial charge on any atom is 0.405 e. The second-order valence-corrected chi connectivity index (χ2v) is 4.76. The van der Waals surface area contributed by atoms with Crippen molar-refractivity contribution in [2.24, 2.45) is 5.73 Å². The van der Waals surface area contributed by atoms with E-state index in [9.17, 15) is 13.2 Å². The Morgan fingerprint density at radius 2 is 1.75 bits per heavy atom. The normalized spacial score (nSPS) is 35.1. The summed E-state index contributed by atoms with van der Waals surface area (Å²) in [6, 6.07) is -2.45. The summed E-state index contributed by atoms with van der Waals surface area (Å²) in [5, 5.41) is 0. The minimum absolute atomic E-state index is 0.0395. The topological polar surface area (TPSA) is 38.5 Å². The molecule has 0 radical (unpaired) electrons. The van der Waals surface area contributed by atoms with E-state index in [1.807, 2.05) is 0 Å². The van der Waals surface area contributed by atoms with Crippen LogP contribution in [0.5, 0.6) is 0 Å². The van der Waals surface area contributed by atoms with Crippen LogP contribution in [-0.2, 0) is 4.74 Å². The standard InChI is InChI=1S/C10H17F3N2O/c1-6(14)9(10(11,12)13)15-4-7-2-3-8(5-15)16-7/h6-9H,2-5,14H2,1H3. The number of alkyl halides is 3. The van der Waals surface area contributed by atoms with E-state index in [4.69, 9.17) is 10.5 Å². The summed E-state index contributed by atoms with van der Waals surface area (Å²) in [6.07, 6.45) is -2.61. The first kappa shape index (κ1) is 12.1. The van der Waals surface area contributed by atoms with Crippen molar-refractivity contribution in [1.82, 2.24) is 4.90 Å². The maximum atomic E-state index is 12.9. The third-order valence-corrected chi connectivity index (χ3v) is 3.30. The lowest BCUT2D eigenvalue weighted by atomic mass is 10.1. The molecule has 0 saturated carbocycles. The molecule has 2 saturated heterocycles.